The van der Waals surface area contributed by atoms with Crippen LogP contribution in [0.1, 0.15) is 36.0 Å². The molecule has 6 nitrogen and oxygen atoms in total. The lowest BCUT2D eigenvalue weighted by molar-refractivity contribution is -0.136. The Morgan fingerprint density at radius 3 is 2.56 bits per heavy atom. The van der Waals surface area contributed by atoms with Crippen molar-refractivity contribution in [1.82, 2.24) is 9.80 Å². The van der Waals surface area contributed by atoms with Crippen LogP contribution in [0.25, 0.3) is 0 Å². The van der Waals surface area contributed by atoms with E-state index in [0.29, 0.717) is 32.5 Å². The number of para-hydroxylation sites is 1. The number of hydrogen-bond acceptors (Lipinski definition) is 4. The van der Waals surface area contributed by atoms with E-state index < -0.39 is 18.6 Å². The summed E-state index contributed by atoms with van der Waals surface area (Å²) in [5, 5.41) is 0. The summed E-state index contributed by atoms with van der Waals surface area (Å²) in [7, 11) is 0. The first-order chi connectivity index (χ1) is 12.5. The van der Waals surface area contributed by atoms with Crippen LogP contribution >= 0.6 is 12.4 Å². The second-order valence-corrected chi connectivity index (χ2v) is 6.72. The van der Waals surface area contributed by atoms with E-state index in [1.807, 2.05) is 0 Å². The van der Waals surface area contributed by atoms with Gasteiger partial charge in [-0.05, 0) is 37.8 Å². The SMILES string of the molecule is Cl.NC1CCCN(C(=O)C2CCCN2C(=O)c2ccccc2OC(F)F)C1. The van der Waals surface area contributed by atoms with Crippen LogP contribution in [0.5, 0.6) is 5.75 Å². The van der Waals surface area contributed by atoms with Crippen LogP contribution < -0.4 is 10.5 Å². The van der Waals surface area contributed by atoms with E-state index in [4.69, 9.17) is 5.73 Å². The molecule has 2 aliphatic rings. The molecule has 2 atom stereocenters. The molecular formula is C18H24ClF2N3O3. The highest BCUT2D eigenvalue weighted by atomic mass is 35.5. The molecule has 2 fully saturated rings. The average molecular weight is 404 g/mol. The number of ether oxygens (including phenoxy) is 1. The van der Waals surface area contributed by atoms with Crippen molar-refractivity contribution in [3.05, 3.63) is 29.8 Å². The lowest BCUT2D eigenvalue weighted by atomic mass is 10.0. The number of rotatable bonds is 4. The van der Waals surface area contributed by atoms with Gasteiger partial charge in [0, 0.05) is 25.7 Å². The smallest absolute Gasteiger partial charge is 0.387 e. The van der Waals surface area contributed by atoms with E-state index in [-0.39, 0.29) is 35.7 Å². The summed E-state index contributed by atoms with van der Waals surface area (Å²) in [6.45, 7) is -1.48. The van der Waals surface area contributed by atoms with Crippen LogP contribution in [0.4, 0.5) is 8.78 Å². The molecule has 0 saturated carbocycles. The van der Waals surface area contributed by atoms with Gasteiger partial charge in [0.05, 0.1) is 5.56 Å². The van der Waals surface area contributed by atoms with Crippen LogP contribution in [0, 0.1) is 0 Å². The van der Waals surface area contributed by atoms with Crippen molar-refractivity contribution in [3.63, 3.8) is 0 Å². The molecule has 2 saturated heterocycles. The largest absolute Gasteiger partial charge is 0.434 e. The molecule has 2 amide bonds. The third-order valence-electron chi connectivity index (χ3n) is 4.90. The number of likely N-dealkylation sites (tertiary alicyclic amines) is 2. The van der Waals surface area contributed by atoms with Gasteiger partial charge in [-0.2, -0.15) is 8.78 Å². The van der Waals surface area contributed by atoms with Gasteiger partial charge in [0.2, 0.25) is 5.91 Å². The number of nitrogens with two attached hydrogens (primary N) is 1. The maximum atomic E-state index is 12.9. The summed E-state index contributed by atoms with van der Waals surface area (Å²) in [4.78, 5) is 29.0. The Hall–Kier alpha value is -1.93. The maximum Gasteiger partial charge on any atom is 0.387 e. The fourth-order valence-corrected chi connectivity index (χ4v) is 3.68. The highest BCUT2D eigenvalue weighted by Gasteiger charge is 2.38. The van der Waals surface area contributed by atoms with Crippen molar-refractivity contribution in [2.75, 3.05) is 19.6 Å². The second kappa shape index (κ2) is 9.32. The van der Waals surface area contributed by atoms with Gasteiger partial charge in [-0.15, -0.1) is 12.4 Å². The van der Waals surface area contributed by atoms with Crippen LogP contribution in [0.2, 0.25) is 0 Å². The zero-order valence-electron chi connectivity index (χ0n) is 14.9. The monoisotopic (exact) mass is 403 g/mol. The van der Waals surface area contributed by atoms with Gasteiger partial charge in [-0.25, -0.2) is 0 Å². The summed E-state index contributed by atoms with van der Waals surface area (Å²) in [5.41, 5.74) is 6.00. The molecule has 0 spiro atoms. The number of piperidine rings is 1. The number of benzene rings is 1. The molecule has 9 heteroatoms. The zero-order chi connectivity index (χ0) is 18.7. The molecule has 1 aromatic carbocycles. The molecule has 0 bridgehead atoms. The van der Waals surface area contributed by atoms with Gasteiger partial charge >= 0.3 is 6.61 Å². The minimum Gasteiger partial charge on any atom is -0.434 e. The molecule has 2 aliphatic heterocycles. The molecule has 0 aliphatic carbocycles. The van der Waals surface area contributed by atoms with Gasteiger partial charge in [0.15, 0.2) is 0 Å². The highest BCUT2D eigenvalue weighted by molar-refractivity contribution is 6.00. The first kappa shape index (κ1) is 21.4. The molecule has 2 N–H and O–H groups in total. The summed E-state index contributed by atoms with van der Waals surface area (Å²) in [6.07, 6.45) is 2.99. The summed E-state index contributed by atoms with van der Waals surface area (Å²) in [5.74, 6) is -0.748. The molecule has 27 heavy (non-hydrogen) atoms. The second-order valence-electron chi connectivity index (χ2n) is 6.72. The first-order valence-corrected chi connectivity index (χ1v) is 8.86. The van der Waals surface area contributed by atoms with Gasteiger partial charge in [-0.3, -0.25) is 9.59 Å². The Morgan fingerprint density at radius 2 is 1.85 bits per heavy atom. The van der Waals surface area contributed by atoms with Gasteiger partial charge in [0.25, 0.3) is 5.91 Å². The van der Waals surface area contributed by atoms with E-state index in [0.717, 1.165) is 12.8 Å². The van der Waals surface area contributed by atoms with Crippen molar-refractivity contribution in [3.8, 4) is 5.75 Å². The first-order valence-electron chi connectivity index (χ1n) is 8.86. The minimum absolute atomic E-state index is 0. The van der Waals surface area contributed by atoms with E-state index in [1.165, 1.54) is 23.1 Å². The lowest BCUT2D eigenvalue weighted by Gasteiger charge is -2.35. The zero-order valence-corrected chi connectivity index (χ0v) is 15.7. The number of amides is 2. The molecule has 0 radical (unpaired) electrons. The number of hydrogen-bond donors (Lipinski definition) is 1. The van der Waals surface area contributed by atoms with Crippen molar-refractivity contribution >= 4 is 24.2 Å². The van der Waals surface area contributed by atoms with Crippen molar-refractivity contribution in [1.29, 1.82) is 0 Å². The van der Waals surface area contributed by atoms with Crippen LogP contribution in [0.15, 0.2) is 24.3 Å². The molecular weight excluding hydrogens is 380 g/mol. The summed E-state index contributed by atoms with van der Waals surface area (Å²) < 4.78 is 29.7. The average Bonchev–Trinajstić information content (AvgIpc) is 3.10. The van der Waals surface area contributed by atoms with Gasteiger partial charge < -0.3 is 20.3 Å². The van der Waals surface area contributed by atoms with Crippen molar-refractivity contribution in [2.24, 2.45) is 5.73 Å². The molecule has 2 unspecified atom stereocenters. The number of carbonyl (C=O) groups is 2. The Bertz CT molecular complexity index is 677. The Kier molecular flexibility index (Phi) is 7.38. The summed E-state index contributed by atoms with van der Waals surface area (Å²) in [6, 6.07) is 5.26. The van der Waals surface area contributed by atoms with Crippen LogP contribution in [0.3, 0.4) is 0 Å². The quantitative estimate of drug-likeness (QED) is 0.836. The fourth-order valence-electron chi connectivity index (χ4n) is 3.68. The van der Waals surface area contributed by atoms with E-state index >= 15 is 0 Å². The summed E-state index contributed by atoms with van der Waals surface area (Å²) >= 11 is 0. The van der Waals surface area contributed by atoms with Gasteiger partial charge in [0.1, 0.15) is 11.8 Å². The van der Waals surface area contributed by atoms with Crippen molar-refractivity contribution < 1.29 is 23.1 Å². The van der Waals surface area contributed by atoms with E-state index in [2.05, 4.69) is 4.74 Å². The molecule has 3 rings (SSSR count). The van der Waals surface area contributed by atoms with Crippen molar-refractivity contribution in [2.45, 2.75) is 44.4 Å². The number of nitrogens with zero attached hydrogens (tertiary/aromatic N) is 2. The topological polar surface area (TPSA) is 75.9 Å². The number of alkyl halides is 2. The number of carbonyl (C=O) groups excluding carboxylic acids is 2. The molecule has 0 aromatic heterocycles. The minimum atomic E-state index is -3.02. The third kappa shape index (κ3) is 4.87. The molecule has 150 valence electrons. The lowest BCUT2D eigenvalue weighted by Crippen LogP contribution is -2.53. The predicted molar refractivity (Wildman–Crippen MR) is 98.2 cm³/mol. The Balaban J connectivity index is 0.00000261. The standard InChI is InChI=1S/C18H23F2N3O3.ClH/c19-18(20)26-15-8-2-1-6-13(15)16(24)23-10-4-7-14(23)17(25)22-9-3-5-12(21)11-22;/h1-2,6,8,12,14,18H,3-5,7,9-11,21H2;1H. The van der Waals surface area contributed by atoms with Gasteiger partial charge in [-0.1, -0.05) is 12.1 Å². The van der Waals surface area contributed by atoms with Crippen LogP contribution in [-0.2, 0) is 4.79 Å². The molecule has 1 aromatic rings. The normalized spacial score (nSPS) is 22.5. The van der Waals surface area contributed by atoms with E-state index in [9.17, 15) is 18.4 Å². The Labute approximate surface area is 163 Å². The van der Waals surface area contributed by atoms with E-state index in [1.54, 1.807) is 11.0 Å². The highest BCUT2D eigenvalue weighted by Crippen LogP contribution is 2.27. The maximum absolute atomic E-state index is 12.9. The number of halogens is 3. The Morgan fingerprint density at radius 1 is 1.15 bits per heavy atom. The molecule has 2 heterocycles. The third-order valence-corrected chi connectivity index (χ3v) is 4.90. The van der Waals surface area contributed by atoms with Crippen LogP contribution in [-0.4, -0.2) is 59.9 Å². The fraction of sp³-hybridized carbons (Fsp3) is 0.556. The predicted octanol–water partition coefficient (Wildman–Crippen LogP) is 2.26.